The number of hydrogen-bond donors (Lipinski definition) is 1. The molecule has 0 radical (unpaired) electrons. The Kier molecular flexibility index (Phi) is 4.16. The zero-order valence-corrected chi connectivity index (χ0v) is 18.8. The summed E-state index contributed by atoms with van der Waals surface area (Å²) >= 11 is 0. The summed E-state index contributed by atoms with van der Waals surface area (Å²) in [6.45, 7) is 8.18. The van der Waals surface area contributed by atoms with E-state index in [4.69, 9.17) is 4.74 Å². The van der Waals surface area contributed by atoms with E-state index in [9.17, 15) is 9.90 Å². The maximum Gasteiger partial charge on any atom is 0.173 e. The molecule has 1 aromatic heterocycles. The Labute approximate surface area is 187 Å². The highest BCUT2D eigenvalue weighted by atomic mass is 16.5. The van der Waals surface area contributed by atoms with Crippen LogP contribution in [0.2, 0.25) is 0 Å². The van der Waals surface area contributed by atoms with E-state index in [0.29, 0.717) is 5.57 Å². The van der Waals surface area contributed by atoms with E-state index in [-0.39, 0.29) is 41.5 Å². The SMILES string of the molecule is Cc1cc(C)c(C2=C(O)[C@@H]3[C@@H]4O[C@@H](C[C@H]4c4ccnc5cc(C)ccc45)[C@@H]3C2=O)c(C)c1. The lowest BCUT2D eigenvalue weighted by atomic mass is 9.72. The highest BCUT2D eigenvalue weighted by molar-refractivity contribution is 6.26. The molecule has 1 N–H and O–H groups in total. The topological polar surface area (TPSA) is 59.4 Å². The van der Waals surface area contributed by atoms with Gasteiger partial charge in [-0.15, -0.1) is 0 Å². The molecule has 0 amide bonds. The van der Waals surface area contributed by atoms with Gasteiger partial charge in [0.2, 0.25) is 0 Å². The molecule has 4 heteroatoms. The third kappa shape index (κ3) is 2.59. The molecule has 2 fully saturated rings. The van der Waals surface area contributed by atoms with Crippen LogP contribution in [0.4, 0.5) is 0 Å². The van der Waals surface area contributed by atoms with Crippen LogP contribution in [0.1, 0.15) is 45.7 Å². The molecule has 3 heterocycles. The molecule has 6 rings (SSSR count). The Morgan fingerprint density at radius 1 is 0.969 bits per heavy atom. The zero-order valence-electron chi connectivity index (χ0n) is 18.8. The summed E-state index contributed by atoms with van der Waals surface area (Å²) in [4.78, 5) is 18.1. The van der Waals surface area contributed by atoms with Crippen LogP contribution in [-0.2, 0) is 9.53 Å². The Bertz CT molecular complexity index is 1310. The number of carbonyl (C=O) groups is 1. The third-order valence-corrected chi connectivity index (χ3v) is 7.74. The second kappa shape index (κ2) is 6.76. The fourth-order valence-corrected chi connectivity index (χ4v) is 6.59. The molecule has 0 saturated carbocycles. The molecule has 32 heavy (non-hydrogen) atoms. The number of aryl methyl sites for hydroxylation is 4. The molecular formula is C28H27NO3. The largest absolute Gasteiger partial charge is 0.511 e. The molecule has 2 saturated heterocycles. The molecule has 5 atom stereocenters. The number of ketones is 1. The number of benzene rings is 2. The Morgan fingerprint density at radius 3 is 2.47 bits per heavy atom. The summed E-state index contributed by atoms with van der Waals surface area (Å²) in [7, 11) is 0. The molecule has 2 aromatic carbocycles. The molecule has 0 spiro atoms. The lowest BCUT2D eigenvalue weighted by molar-refractivity contribution is -0.118. The molecule has 162 valence electrons. The molecule has 3 aliphatic rings. The number of allylic oxidation sites excluding steroid dienone is 1. The molecule has 1 aliphatic carbocycles. The minimum absolute atomic E-state index is 0.0451. The number of fused-ring (bicyclic) bond motifs is 6. The zero-order chi connectivity index (χ0) is 22.3. The van der Waals surface area contributed by atoms with Crippen molar-refractivity contribution in [2.45, 2.75) is 52.2 Å². The Morgan fingerprint density at radius 2 is 1.72 bits per heavy atom. The van der Waals surface area contributed by atoms with Crippen LogP contribution in [0.3, 0.4) is 0 Å². The fraction of sp³-hybridized carbons (Fsp3) is 0.357. The minimum atomic E-state index is -0.276. The van der Waals surface area contributed by atoms with Crippen molar-refractivity contribution in [2.75, 3.05) is 0 Å². The van der Waals surface area contributed by atoms with E-state index >= 15 is 0 Å². The van der Waals surface area contributed by atoms with E-state index in [1.165, 1.54) is 11.1 Å². The van der Waals surface area contributed by atoms with Gasteiger partial charge in [-0.25, -0.2) is 0 Å². The number of pyridine rings is 1. The summed E-state index contributed by atoms with van der Waals surface area (Å²) in [5.74, 6) is -0.133. The van der Waals surface area contributed by atoms with Crippen LogP contribution >= 0.6 is 0 Å². The number of nitrogens with zero attached hydrogens (tertiary/aromatic N) is 1. The summed E-state index contributed by atoms with van der Waals surface area (Å²) < 4.78 is 6.35. The summed E-state index contributed by atoms with van der Waals surface area (Å²) in [6.07, 6.45) is 2.32. The number of aliphatic hydroxyl groups excluding tert-OH is 1. The number of hydrogen-bond acceptors (Lipinski definition) is 4. The number of aromatic nitrogens is 1. The monoisotopic (exact) mass is 425 g/mol. The van der Waals surface area contributed by atoms with Crippen LogP contribution in [0.5, 0.6) is 0 Å². The second-order valence-corrected chi connectivity index (χ2v) is 9.85. The van der Waals surface area contributed by atoms with Crippen molar-refractivity contribution in [3.05, 3.63) is 81.7 Å². The molecule has 3 aromatic rings. The van der Waals surface area contributed by atoms with Gasteiger partial charge in [0.25, 0.3) is 0 Å². The summed E-state index contributed by atoms with van der Waals surface area (Å²) in [5, 5.41) is 12.5. The van der Waals surface area contributed by atoms with Crippen molar-refractivity contribution in [1.82, 2.24) is 4.98 Å². The fourth-order valence-electron chi connectivity index (χ4n) is 6.59. The smallest absolute Gasteiger partial charge is 0.173 e. The lowest BCUT2D eigenvalue weighted by Crippen LogP contribution is -2.33. The van der Waals surface area contributed by atoms with Gasteiger partial charge in [0.1, 0.15) is 5.76 Å². The first kappa shape index (κ1) is 19.7. The highest BCUT2D eigenvalue weighted by Gasteiger charge is 2.62. The predicted octanol–water partition coefficient (Wildman–Crippen LogP) is 5.51. The van der Waals surface area contributed by atoms with Gasteiger partial charge in [0.05, 0.1) is 35.1 Å². The van der Waals surface area contributed by atoms with Crippen molar-refractivity contribution in [3.8, 4) is 0 Å². The van der Waals surface area contributed by atoms with Gasteiger partial charge < -0.3 is 9.84 Å². The highest BCUT2D eigenvalue weighted by Crippen LogP contribution is 2.58. The van der Waals surface area contributed by atoms with Crippen LogP contribution in [0.15, 0.2) is 48.4 Å². The van der Waals surface area contributed by atoms with Crippen molar-refractivity contribution in [1.29, 1.82) is 0 Å². The minimum Gasteiger partial charge on any atom is -0.511 e. The van der Waals surface area contributed by atoms with Gasteiger partial charge in [-0.3, -0.25) is 9.78 Å². The molecule has 2 aliphatic heterocycles. The first-order valence-electron chi connectivity index (χ1n) is 11.4. The normalized spacial score (nSPS) is 28.8. The maximum absolute atomic E-state index is 13.6. The van der Waals surface area contributed by atoms with E-state index in [2.05, 4.69) is 55.2 Å². The van der Waals surface area contributed by atoms with Gasteiger partial charge in [0.15, 0.2) is 5.78 Å². The van der Waals surface area contributed by atoms with Gasteiger partial charge in [-0.05, 0) is 74.1 Å². The Balaban J connectivity index is 1.45. The van der Waals surface area contributed by atoms with Crippen molar-refractivity contribution in [3.63, 3.8) is 0 Å². The van der Waals surface area contributed by atoms with E-state index < -0.39 is 0 Å². The molecule has 4 nitrogen and oxygen atoms in total. The van der Waals surface area contributed by atoms with Gasteiger partial charge in [-0.1, -0.05) is 29.8 Å². The van der Waals surface area contributed by atoms with Crippen LogP contribution in [0.25, 0.3) is 16.5 Å². The summed E-state index contributed by atoms with van der Waals surface area (Å²) in [6, 6.07) is 12.6. The van der Waals surface area contributed by atoms with Crippen LogP contribution < -0.4 is 0 Å². The van der Waals surface area contributed by atoms with E-state index in [0.717, 1.165) is 39.6 Å². The third-order valence-electron chi connectivity index (χ3n) is 7.74. The second-order valence-electron chi connectivity index (χ2n) is 9.85. The first-order valence-corrected chi connectivity index (χ1v) is 11.4. The van der Waals surface area contributed by atoms with E-state index in [1.807, 2.05) is 20.0 Å². The van der Waals surface area contributed by atoms with E-state index in [1.54, 1.807) is 0 Å². The predicted molar refractivity (Wildman–Crippen MR) is 125 cm³/mol. The number of aliphatic hydroxyl groups is 1. The Hall–Kier alpha value is -2.98. The summed E-state index contributed by atoms with van der Waals surface area (Å²) in [5.41, 5.74) is 8.03. The van der Waals surface area contributed by atoms with Gasteiger partial charge in [-0.2, -0.15) is 0 Å². The number of rotatable bonds is 2. The van der Waals surface area contributed by atoms with Crippen molar-refractivity contribution in [2.24, 2.45) is 11.8 Å². The first-order chi connectivity index (χ1) is 15.3. The number of ether oxygens (including phenoxy) is 1. The standard InChI is InChI=1S/C28H27NO3/c1-13-5-6-18-17(7-8-29-20(18)11-13)19-12-21-23-25(28(19)32-21)27(31)24(26(23)30)22-15(3)9-14(2)10-16(22)4/h5-11,19,21,23,25,28,31H,12H2,1-4H3/t19-,21-,23-,25+,28+/m0/s1. The maximum atomic E-state index is 13.6. The number of carbonyl (C=O) groups excluding carboxylic acids is 1. The molecule has 2 bridgehead atoms. The quantitative estimate of drug-likeness (QED) is 0.588. The van der Waals surface area contributed by atoms with Crippen LogP contribution in [-0.4, -0.2) is 28.1 Å². The molecular weight excluding hydrogens is 398 g/mol. The van der Waals surface area contributed by atoms with Gasteiger partial charge >= 0.3 is 0 Å². The van der Waals surface area contributed by atoms with Crippen molar-refractivity contribution < 1.29 is 14.6 Å². The number of Topliss-reactive ketones (excluding diaryl/α,β-unsaturated/α-hetero) is 1. The van der Waals surface area contributed by atoms with Crippen molar-refractivity contribution >= 4 is 22.3 Å². The lowest BCUT2D eigenvalue weighted by Gasteiger charge is -2.28. The molecule has 0 unspecified atom stereocenters. The average molecular weight is 426 g/mol. The van der Waals surface area contributed by atoms with Gasteiger partial charge in [0, 0.05) is 17.5 Å². The average Bonchev–Trinajstić information content (AvgIpc) is 3.40. The van der Waals surface area contributed by atoms with Crippen LogP contribution in [0, 0.1) is 39.5 Å².